The lowest BCUT2D eigenvalue weighted by molar-refractivity contribution is 0.459. The first kappa shape index (κ1) is 13.6. The van der Waals surface area contributed by atoms with Crippen LogP contribution in [0, 0.1) is 23.3 Å². The number of aromatic nitrogens is 4. The number of halogens is 5. The molecule has 0 saturated heterocycles. The van der Waals surface area contributed by atoms with Crippen LogP contribution >= 0.6 is 11.6 Å². The van der Waals surface area contributed by atoms with Crippen LogP contribution in [-0.2, 0) is 0 Å². The van der Waals surface area contributed by atoms with E-state index in [1.54, 1.807) is 0 Å². The summed E-state index contributed by atoms with van der Waals surface area (Å²) >= 11 is 5.64. The number of hydrogen-bond donors (Lipinski definition) is 2. The highest BCUT2D eigenvalue weighted by molar-refractivity contribution is 6.28. The molecule has 0 radical (unpaired) electrons. The van der Waals surface area contributed by atoms with Gasteiger partial charge in [0.1, 0.15) is 11.5 Å². The topological polar surface area (TPSA) is 66.5 Å². The SMILES string of the molecule is Fc1cc(F)c(F)c(Nc2nc(Cl)nc3[nH]ncc23)c1F. The lowest BCUT2D eigenvalue weighted by Gasteiger charge is -2.10. The van der Waals surface area contributed by atoms with E-state index >= 15 is 0 Å². The molecule has 0 atom stereocenters. The molecule has 0 fully saturated rings. The van der Waals surface area contributed by atoms with E-state index in [9.17, 15) is 17.6 Å². The quantitative estimate of drug-likeness (QED) is 0.432. The van der Waals surface area contributed by atoms with Crippen molar-refractivity contribution >= 4 is 34.1 Å². The zero-order chi connectivity index (χ0) is 15.1. The second-order valence-corrected chi connectivity index (χ2v) is 4.28. The summed E-state index contributed by atoms with van der Waals surface area (Å²) in [6.07, 6.45) is 1.26. The number of benzene rings is 1. The molecule has 0 spiro atoms. The number of aromatic amines is 1. The first-order valence-electron chi connectivity index (χ1n) is 5.44. The summed E-state index contributed by atoms with van der Waals surface area (Å²) in [4.78, 5) is 7.49. The minimum absolute atomic E-state index is 0.107. The van der Waals surface area contributed by atoms with Crippen molar-refractivity contribution in [3.8, 4) is 0 Å². The smallest absolute Gasteiger partial charge is 0.226 e. The van der Waals surface area contributed by atoms with Crippen LogP contribution < -0.4 is 5.32 Å². The molecule has 2 N–H and O–H groups in total. The van der Waals surface area contributed by atoms with Crippen molar-refractivity contribution in [1.29, 1.82) is 0 Å². The third-order valence-electron chi connectivity index (χ3n) is 2.64. The van der Waals surface area contributed by atoms with Gasteiger partial charge in [0, 0.05) is 6.07 Å². The number of H-pyrrole nitrogens is 1. The Morgan fingerprint density at radius 1 is 1.05 bits per heavy atom. The van der Waals surface area contributed by atoms with E-state index in [2.05, 4.69) is 25.5 Å². The number of anilines is 2. The Morgan fingerprint density at radius 2 is 1.71 bits per heavy atom. The van der Waals surface area contributed by atoms with Crippen LogP contribution in [0.25, 0.3) is 11.0 Å². The molecular weight excluding hydrogens is 314 g/mol. The summed E-state index contributed by atoms with van der Waals surface area (Å²) in [5, 5.41) is 8.30. The van der Waals surface area contributed by atoms with Crippen molar-refractivity contribution in [1.82, 2.24) is 20.2 Å². The molecule has 2 aromatic heterocycles. The maximum atomic E-state index is 13.6. The molecule has 2 heterocycles. The van der Waals surface area contributed by atoms with E-state index in [4.69, 9.17) is 11.6 Å². The second kappa shape index (κ2) is 4.85. The number of nitrogens with zero attached hydrogens (tertiary/aromatic N) is 3. The van der Waals surface area contributed by atoms with Crippen LogP contribution in [0.2, 0.25) is 5.28 Å². The fourth-order valence-corrected chi connectivity index (χ4v) is 1.87. The molecular formula is C11H4ClF4N5. The molecule has 1 aromatic carbocycles. The highest BCUT2D eigenvalue weighted by Crippen LogP contribution is 2.29. The molecule has 3 rings (SSSR count). The van der Waals surface area contributed by atoms with E-state index in [0.717, 1.165) is 0 Å². The van der Waals surface area contributed by atoms with E-state index in [-0.39, 0.29) is 28.2 Å². The van der Waals surface area contributed by atoms with Crippen molar-refractivity contribution in [2.45, 2.75) is 0 Å². The molecule has 0 unspecified atom stereocenters. The van der Waals surface area contributed by atoms with Crippen molar-refractivity contribution < 1.29 is 17.6 Å². The number of rotatable bonds is 2. The average Bonchev–Trinajstić information content (AvgIpc) is 2.89. The van der Waals surface area contributed by atoms with Crippen molar-refractivity contribution in [2.24, 2.45) is 0 Å². The van der Waals surface area contributed by atoms with Crippen LogP contribution in [0.5, 0.6) is 0 Å². The van der Waals surface area contributed by atoms with E-state index in [1.807, 2.05) is 0 Å². The zero-order valence-electron chi connectivity index (χ0n) is 9.89. The second-order valence-electron chi connectivity index (χ2n) is 3.94. The summed E-state index contributed by atoms with van der Waals surface area (Å²) in [5.74, 6) is -6.40. The fourth-order valence-electron chi connectivity index (χ4n) is 1.70. The van der Waals surface area contributed by atoms with Crippen molar-refractivity contribution in [2.75, 3.05) is 5.32 Å². The molecule has 10 heteroatoms. The third-order valence-corrected chi connectivity index (χ3v) is 2.81. The summed E-state index contributed by atoms with van der Waals surface area (Å²) in [6.45, 7) is 0. The molecule has 0 bridgehead atoms. The lowest BCUT2D eigenvalue weighted by Crippen LogP contribution is -2.05. The molecule has 0 aliphatic rings. The molecule has 0 amide bonds. The Bertz CT molecular complexity index is 824. The first-order valence-corrected chi connectivity index (χ1v) is 5.82. The molecule has 21 heavy (non-hydrogen) atoms. The molecule has 0 aliphatic heterocycles. The normalized spacial score (nSPS) is 11.1. The van der Waals surface area contributed by atoms with Gasteiger partial charge in [0.2, 0.25) is 5.28 Å². The van der Waals surface area contributed by atoms with Gasteiger partial charge in [-0.1, -0.05) is 0 Å². The summed E-state index contributed by atoms with van der Waals surface area (Å²) in [6, 6.07) is 0.107. The van der Waals surface area contributed by atoms with Crippen LogP contribution in [0.1, 0.15) is 0 Å². The van der Waals surface area contributed by atoms with Crippen LogP contribution in [0.3, 0.4) is 0 Å². The van der Waals surface area contributed by atoms with Gasteiger partial charge in [-0.15, -0.1) is 0 Å². The average molecular weight is 318 g/mol. The largest absolute Gasteiger partial charge is 0.334 e. The van der Waals surface area contributed by atoms with Crippen molar-refractivity contribution in [3.63, 3.8) is 0 Å². The Labute approximate surface area is 119 Å². The highest BCUT2D eigenvalue weighted by atomic mass is 35.5. The maximum absolute atomic E-state index is 13.6. The monoisotopic (exact) mass is 317 g/mol. The minimum atomic E-state index is -1.58. The minimum Gasteiger partial charge on any atom is -0.334 e. The molecule has 0 aliphatic carbocycles. The van der Waals surface area contributed by atoms with Gasteiger partial charge >= 0.3 is 0 Å². The van der Waals surface area contributed by atoms with Gasteiger partial charge in [0.25, 0.3) is 0 Å². The Hall–Kier alpha value is -2.42. The summed E-state index contributed by atoms with van der Waals surface area (Å²) < 4.78 is 53.5. The Kier molecular flexibility index (Phi) is 3.13. The van der Waals surface area contributed by atoms with Crippen LogP contribution in [0.4, 0.5) is 29.1 Å². The van der Waals surface area contributed by atoms with Gasteiger partial charge in [-0.3, -0.25) is 5.10 Å². The molecule has 3 aromatic rings. The van der Waals surface area contributed by atoms with Crippen LogP contribution in [-0.4, -0.2) is 20.2 Å². The molecule has 5 nitrogen and oxygen atoms in total. The maximum Gasteiger partial charge on any atom is 0.226 e. The third kappa shape index (κ3) is 2.25. The number of hydrogen-bond acceptors (Lipinski definition) is 4. The van der Waals surface area contributed by atoms with Gasteiger partial charge < -0.3 is 5.32 Å². The van der Waals surface area contributed by atoms with Gasteiger partial charge in [-0.05, 0) is 11.6 Å². The first-order chi connectivity index (χ1) is 9.97. The highest BCUT2D eigenvalue weighted by Gasteiger charge is 2.21. The van der Waals surface area contributed by atoms with Gasteiger partial charge in [0.05, 0.1) is 11.6 Å². The predicted octanol–water partition coefficient (Wildman–Crippen LogP) is 3.31. The Morgan fingerprint density at radius 3 is 2.38 bits per heavy atom. The zero-order valence-corrected chi connectivity index (χ0v) is 10.6. The molecule has 108 valence electrons. The van der Waals surface area contributed by atoms with Crippen molar-refractivity contribution in [3.05, 3.63) is 40.8 Å². The van der Waals surface area contributed by atoms with Gasteiger partial charge in [-0.25, -0.2) is 17.6 Å². The number of fused-ring (bicyclic) bond motifs is 1. The lowest BCUT2D eigenvalue weighted by atomic mass is 10.2. The summed E-state index contributed by atoms with van der Waals surface area (Å²) in [7, 11) is 0. The van der Waals surface area contributed by atoms with E-state index in [0.29, 0.717) is 0 Å². The molecule has 0 saturated carbocycles. The van der Waals surface area contributed by atoms with E-state index < -0.39 is 29.0 Å². The predicted molar refractivity (Wildman–Crippen MR) is 66.3 cm³/mol. The van der Waals surface area contributed by atoms with Crippen LogP contribution in [0.15, 0.2) is 12.3 Å². The van der Waals surface area contributed by atoms with Gasteiger partial charge in [0.15, 0.2) is 28.9 Å². The van der Waals surface area contributed by atoms with E-state index in [1.165, 1.54) is 6.20 Å². The summed E-state index contributed by atoms with van der Waals surface area (Å²) in [5.41, 5.74) is -0.833. The Balaban J connectivity index is 2.17. The number of nitrogens with one attached hydrogen (secondary N) is 2. The fraction of sp³-hybridized carbons (Fsp3) is 0. The standard InChI is InChI=1S/C11H4ClF4N5/c12-11-19-9(3-2-17-21-10(3)20-11)18-8-6(15)4(13)1-5(14)7(8)16/h1-2H,(H2,17,18,19,20,21). The van der Waals surface area contributed by atoms with Gasteiger partial charge in [-0.2, -0.15) is 15.1 Å².